The fourth-order valence-corrected chi connectivity index (χ4v) is 5.67. The van der Waals surface area contributed by atoms with E-state index in [0.717, 1.165) is 51.4 Å². The van der Waals surface area contributed by atoms with Crippen molar-refractivity contribution in [3.8, 4) is 5.75 Å². The van der Waals surface area contributed by atoms with Gasteiger partial charge < -0.3 is 14.5 Å². The van der Waals surface area contributed by atoms with Gasteiger partial charge in [0, 0.05) is 42.5 Å². The van der Waals surface area contributed by atoms with Crippen LogP contribution in [-0.4, -0.2) is 51.3 Å². The van der Waals surface area contributed by atoms with E-state index in [0.29, 0.717) is 0 Å². The Bertz CT molecular complexity index is 993. The summed E-state index contributed by atoms with van der Waals surface area (Å²) in [7, 11) is 1.75. The van der Waals surface area contributed by atoms with E-state index in [-0.39, 0.29) is 12.4 Å². The molecule has 0 aliphatic carbocycles. The summed E-state index contributed by atoms with van der Waals surface area (Å²) in [4.78, 5) is 10.3. The molecule has 1 saturated heterocycles. The van der Waals surface area contributed by atoms with Crippen molar-refractivity contribution in [3.63, 3.8) is 0 Å². The highest BCUT2D eigenvalue weighted by molar-refractivity contribution is 7.99. The number of hydrogen-bond donors (Lipinski definition) is 0. The van der Waals surface area contributed by atoms with E-state index in [1.54, 1.807) is 7.11 Å². The van der Waals surface area contributed by atoms with E-state index < -0.39 is 0 Å². The molecule has 3 aromatic rings. The predicted molar refractivity (Wildman–Crippen MR) is 138 cm³/mol. The Morgan fingerprint density at radius 1 is 0.719 bits per heavy atom. The third kappa shape index (κ3) is 4.70. The third-order valence-electron chi connectivity index (χ3n) is 6.19. The molecule has 2 aliphatic rings. The Morgan fingerprint density at radius 2 is 1.28 bits per heavy atom. The van der Waals surface area contributed by atoms with Gasteiger partial charge in [-0.1, -0.05) is 48.2 Å². The molecule has 0 saturated carbocycles. The molecular formula is C26H30ClN3OS. The highest BCUT2D eigenvalue weighted by Crippen LogP contribution is 2.47. The smallest absolute Gasteiger partial charge is 0.142 e. The molecule has 6 heteroatoms. The highest BCUT2D eigenvalue weighted by atomic mass is 35.5. The number of fused-ring (bicyclic) bond motifs is 2. The number of piperazine rings is 1. The van der Waals surface area contributed by atoms with Crippen LogP contribution in [0.25, 0.3) is 0 Å². The lowest BCUT2D eigenvalue weighted by Gasteiger charge is -2.37. The van der Waals surface area contributed by atoms with Crippen LogP contribution in [0.15, 0.2) is 82.6 Å². The van der Waals surface area contributed by atoms with Crippen molar-refractivity contribution in [3.05, 3.63) is 72.8 Å². The molecule has 0 aromatic heterocycles. The van der Waals surface area contributed by atoms with Crippen molar-refractivity contribution in [2.75, 3.05) is 56.2 Å². The Kier molecular flexibility index (Phi) is 7.51. The molecular weight excluding hydrogens is 438 g/mol. The molecule has 2 aliphatic heterocycles. The van der Waals surface area contributed by atoms with Crippen molar-refractivity contribution in [2.45, 2.75) is 16.2 Å². The Balaban J connectivity index is 0.00000245. The summed E-state index contributed by atoms with van der Waals surface area (Å²) in [6.07, 6.45) is 1.15. The van der Waals surface area contributed by atoms with Gasteiger partial charge in [0.25, 0.3) is 0 Å². The summed E-state index contributed by atoms with van der Waals surface area (Å²) in [6.45, 7) is 6.47. The van der Waals surface area contributed by atoms with Crippen LogP contribution >= 0.6 is 24.2 Å². The first-order chi connectivity index (χ1) is 15.3. The number of nitrogens with zero attached hydrogens (tertiary/aromatic N) is 3. The molecule has 1 fully saturated rings. The zero-order valence-corrected chi connectivity index (χ0v) is 20.1. The Morgan fingerprint density at radius 3 is 1.91 bits per heavy atom. The molecule has 0 radical (unpaired) electrons. The van der Waals surface area contributed by atoms with E-state index in [1.165, 1.54) is 26.9 Å². The molecule has 32 heavy (non-hydrogen) atoms. The average molecular weight is 468 g/mol. The first-order valence-electron chi connectivity index (χ1n) is 11.1. The molecule has 0 amide bonds. The fraction of sp³-hybridized carbons (Fsp3) is 0.308. The molecule has 0 unspecified atom stereocenters. The largest absolute Gasteiger partial charge is 0.495 e. The summed E-state index contributed by atoms with van der Waals surface area (Å²) in [5.74, 6) is 0.969. The zero-order chi connectivity index (χ0) is 21.0. The second-order valence-corrected chi connectivity index (χ2v) is 9.13. The van der Waals surface area contributed by atoms with Crippen LogP contribution in [0.1, 0.15) is 6.42 Å². The van der Waals surface area contributed by atoms with E-state index in [4.69, 9.17) is 4.74 Å². The lowest BCUT2D eigenvalue weighted by molar-refractivity contribution is 0.255. The van der Waals surface area contributed by atoms with Gasteiger partial charge in [-0.05, 0) is 49.4 Å². The normalized spacial score (nSPS) is 15.5. The van der Waals surface area contributed by atoms with Gasteiger partial charge in [-0.25, -0.2) is 0 Å². The Labute approximate surface area is 201 Å². The average Bonchev–Trinajstić information content (AvgIpc) is 2.84. The number of ether oxygens (including phenoxy) is 1. The van der Waals surface area contributed by atoms with E-state index >= 15 is 0 Å². The molecule has 0 spiro atoms. The number of methoxy groups -OCH3 is 1. The lowest BCUT2D eigenvalue weighted by atomic mass is 10.2. The van der Waals surface area contributed by atoms with E-state index in [1.807, 2.05) is 23.9 Å². The van der Waals surface area contributed by atoms with Crippen molar-refractivity contribution < 1.29 is 4.74 Å². The lowest BCUT2D eigenvalue weighted by Crippen LogP contribution is -2.47. The zero-order valence-electron chi connectivity index (χ0n) is 18.4. The minimum atomic E-state index is 0. The van der Waals surface area contributed by atoms with Crippen molar-refractivity contribution in [1.29, 1.82) is 0 Å². The van der Waals surface area contributed by atoms with Gasteiger partial charge in [0.05, 0.1) is 24.2 Å². The maximum absolute atomic E-state index is 5.55. The van der Waals surface area contributed by atoms with Crippen molar-refractivity contribution >= 4 is 41.2 Å². The molecule has 2 heterocycles. The van der Waals surface area contributed by atoms with Crippen LogP contribution in [0.2, 0.25) is 0 Å². The van der Waals surface area contributed by atoms with Gasteiger partial charge in [-0.15, -0.1) is 12.4 Å². The van der Waals surface area contributed by atoms with Crippen LogP contribution in [0.4, 0.5) is 17.1 Å². The standard InChI is InChI=1S/C26H29N3OS.ClH/c1-30-24-12-5-2-9-21(24)28-19-17-27(18-20-28)15-8-16-29-22-10-3-6-13-25(22)31-26-14-7-4-11-23(26)29;/h2-7,9-14H,8,15-20H2,1H3;1H. The molecule has 3 aromatic carbocycles. The van der Waals surface area contributed by atoms with Gasteiger partial charge in [0.2, 0.25) is 0 Å². The van der Waals surface area contributed by atoms with Crippen LogP contribution in [0, 0.1) is 0 Å². The van der Waals surface area contributed by atoms with Crippen LogP contribution < -0.4 is 14.5 Å². The summed E-state index contributed by atoms with van der Waals surface area (Å²) >= 11 is 1.88. The number of para-hydroxylation sites is 4. The first kappa shape index (κ1) is 22.8. The molecule has 168 valence electrons. The monoisotopic (exact) mass is 467 g/mol. The molecule has 0 bridgehead atoms. The molecule has 0 N–H and O–H groups in total. The van der Waals surface area contributed by atoms with Gasteiger partial charge in [0.15, 0.2) is 0 Å². The second-order valence-electron chi connectivity index (χ2n) is 8.04. The topological polar surface area (TPSA) is 19.0 Å². The summed E-state index contributed by atoms with van der Waals surface area (Å²) in [5, 5.41) is 0. The number of anilines is 3. The van der Waals surface area contributed by atoms with Crippen LogP contribution in [0.5, 0.6) is 5.75 Å². The molecule has 0 atom stereocenters. The minimum absolute atomic E-state index is 0. The van der Waals surface area contributed by atoms with Gasteiger partial charge >= 0.3 is 0 Å². The SMILES string of the molecule is COc1ccccc1N1CCN(CCCN2c3ccccc3Sc3ccccc32)CC1.Cl. The van der Waals surface area contributed by atoms with Crippen molar-refractivity contribution in [1.82, 2.24) is 4.90 Å². The number of halogens is 1. The number of rotatable bonds is 6. The second kappa shape index (κ2) is 10.5. The third-order valence-corrected chi connectivity index (χ3v) is 7.32. The molecule has 4 nitrogen and oxygen atoms in total. The minimum Gasteiger partial charge on any atom is -0.495 e. The summed E-state index contributed by atoms with van der Waals surface area (Å²) < 4.78 is 5.55. The van der Waals surface area contributed by atoms with Crippen molar-refractivity contribution in [2.24, 2.45) is 0 Å². The maximum Gasteiger partial charge on any atom is 0.142 e. The molecule has 5 rings (SSSR count). The number of benzene rings is 3. The van der Waals surface area contributed by atoms with Gasteiger partial charge in [-0.2, -0.15) is 0 Å². The van der Waals surface area contributed by atoms with Crippen LogP contribution in [0.3, 0.4) is 0 Å². The fourth-order valence-electron chi connectivity index (χ4n) is 4.58. The van der Waals surface area contributed by atoms with Crippen LogP contribution in [-0.2, 0) is 0 Å². The quantitative estimate of drug-likeness (QED) is 0.446. The number of hydrogen-bond acceptors (Lipinski definition) is 5. The first-order valence-corrected chi connectivity index (χ1v) is 11.9. The van der Waals surface area contributed by atoms with E-state index in [2.05, 4.69) is 75.4 Å². The van der Waals surface area contributed by atoms with Gasteiger partial charge in [0.1, 0.15) is 5.75 Å². The highest BCUT2D eigenvalue weighted by Gasteiger charge is 2.23. The van der Waals surface area contributed by atoms with E-state index in [9.17, 15) is 0 Å². The maximum atomic E-state index is 5.55. The van der Waals surface area contributed by atoms with Gasteiger partial charge in [-0.3, -0.25) is 4.90 Å². The Hall–Kier alpha value is -2.34. The summed E-state index contributed by atoms with van der Waals surface area (Å²) in [6, 6.07) is 25.9. The summed E-state index contributed by atoms with van der Waals surface area (Å²) in [5.41, 5.74) is 3.89. The predicted octanol–water partition coefficient (Wildman–Crippen LogP) is 5.93.